The number of hydrogen-bond acceptors (Lipinski definition) is 2. The molecule has 0 bridgehead atoms. The topological polar surface area (TPSA) is 30.7 Å². The van der Waals surface area contributed by atoms with E-state index in [9.17, 15) is 0 Å². The van der Waals surface area contributed by atoms with Gasteiger partial charge in [0, 0.05) is 19.4 Å². The van der Waals surface area contributed by atoms with Crippen molar-refractivity contribution in [3.63, 3.8) is 0 Å². The molecule has 0 aromatic carbocycles. The first-order valence-corrected chi connectivity index (χ1v) is 7.34. The van der Waals surface area contributed by atoms with Crippen LogP contribution in [0, 0.1) is 5.92 Å². The summed E-state index contributed by atoms with van der Waals surface area (Å²) in [5.41, 5.74) is 0. The van der Waals surface area contributed by atoms with Crippen LogP contribution in [-0.4, -0.2) is 14.8 Å². The highest BCUT2D eigenvalue weighted by Crippen LogP contribution is 2.27. The first-order valence-electron chi connectivity index (χ1n) is 7.34. The van der Waals surface area contributed by atoms with Crippen molar-refractivity contribution in [1.29, 1.82) is 0 Å². The molecule has 0 saturated heterocycles. The van der Waals surface area contributed by atoms with Gasteiger partial charge in [-0.3, -0.25) is 0 Å². The minimum atomic E-state index is 0.959. The minimum Gasteiger partial charge on any atom is -0.315 e. The molecule has 3 heteroatoms. The van der Waals surface area contributed by atoms with Crippen LogP contribution in [0.1, 0.15) is 63.0 Å². The molecule has 3 nitrogen and oxygen atoms in total. The maximum absolute atomic E-state index is 4.40. The maximum atomic E-state index is 4.40. The summed E-state index contributed by atoms with van der Waals surface area (Å²) in [5.74, 6) is 3.44. The fourth-order valence-corrected chi connectivity index (χ4v) is 3.36. The van der Waals surface area contributed by atoms with Gasteiger partial charge in [0.15, 0.2) is 0 Å². The van der Waals surface area contributed by atoms with Crippen LogP contribution in [0.3, 0.4) is 0 Å². The van der Waals surface area contributed by atoms with Crippen molar-refractivity contribution in [1.82, 2.24) is 14.8 Å². The van der Waals surface area contributed by atoms with Gasteiger partial charge in [-0.15, -0.1) is 10.2 Å². The number of nitrogens with zero attached hydrogens (tertiary/aromatic N) is 3. The highest BCUT2D eigenvalue weighted by molar-refractivity contribution is 4.99. The minimum absolute atomic E-state index is 0.959. The zero-order chi connectivity index (χ0) is 11.5. The summed E-state index contributed by atoms with van der Waals surface area (Å²) in [6, 6.07) is 0. The molecule has 0 radical (unpaired) electrons. The summed E-state index contributed by atoms with van der Waals surface area (Å²) >= 11 is 0. The van der Waals surface area contributed by atoms with Gasteiger partial charge in [-0.05, 0) is 25.2 Å². The van der Waals surface area contributed by atoms with Crippen LogP contribution < -0.4 is 0 Å². The molecule has 1 aromatic rings. The lowest BCUT2D eigenvalue weighted by atomic mass is 9.86. The Kier molecular flexibility index (Phi) is 3.44. The molecule has 0 atom stereocenters. The smallest absolute Gasteiger partial charge is 0.133 e. The van der Waals surface area contributed by atoms with Crippen molar-refractivity contribution in [3.05, 3.63) is 11.6 Å². The summed E-state index contributed by atoms with van der Waals surface area (Å²) in [7, 11) is 0. The van der Waals surface area contributed by atoms with Crippen molar-refractivity contribution >= 4 is 0 Å². The van der Waals surface area contributed by atoms with E-state index in [1.165, 1.54) is 63.0 Å². The van der Waals surface area contributed by atoms with Crippen LogP contribution in [0.2, 0.25) is 0 Å². The lowest BCUT2D eigenvalue weighted by Gasteiger charge is -2.21. The van der Waals surface area contributed by atoms with Gasteiger partial charge in [0.05, 0.1) is 0 Å². The third kappa shape index (κ3) is 2.53. The van der Waals surface area contributed by atoms with Crippen LogP contribution in [0.4, 0.5) is 0 Å². The van der Waals surface area contributed by atoms with E-state index in [0.29, 0.717) is 0 Å². The van der Waals surface area contributed by atoms with Crippen molar-refractivity contribution in [2.45, 2.75) is 70.8 Å². The van der Waals surface area contributed by atoms with Crippen molar-refractivity contribution in [2.75, 3.05) is 0 Å². The number of aromatic nitrogens is 3. The Hall–Kier alpha value is -0.860. The van der Waals surface area contributed by atoms with E-state index >= 15 is 0 Å². The lowest BCUT2D eigenvalue weighted by Crippen LogP contribution is -2.14. The molecule has 1 aliphatic carbocycles. The standard InChI is InChI=1S/C14H23N3/c1-2-6-12(7-3-1)9-10-14-16-15-13-8-4-5-11-17(13)14/h12H,1-11H2. The SMILES string of the molecule is C1CCC(CCc2nnc3n2CCCC3)CC1. The number of fused-ring (bicyclic) bond motifs is 1. The molecule has 1 saturated carbocycles. The van der Waals surface area contributed by atoms with Gasteiger partial charge in [-0.1, -0.05) is 32.1 Å². The first-order chi connectivity index (χ1) is 8.43. The second-order valence-corrected chi connectivity index (χ2v) is 5.68. The van der Waals surface area contributed by atoms with Gasteiger partial charge in [0.1, 0.15) is 11.6 Å². The Morgan fingerprint density at radius 1 is 1.00 bits per heavy atom. The Balaban J connectivity index is 1.59. The lowest BCUT2D eigenvalue weighted by molar-refractivity contribution is 0.335. The predicted octanol–water partition coefficient (Wildman–Crippen LogP) is 3.13. The third-order valence-corrected chi connectivity index (χ3v) is 4.44. The highest BCUT2D eigenvalue weighted by atomic mass is 15.3. The molecule has 1 aliphatic heterocycles. The van der Waals surface area contributed by atoms with Gasteiger partial charge in [0.2, 0.25) is 0 Å². The maximum Gasteiger partial charge on any atom is 0.133 e. The summed E-state index contributed by atoms with van der Waals surface area (Å²) in [4.78, 5) is 0. The van der Waals surface area contributed by atoms with E-state index in [4.69, 9.17) is 0 Å². The average Bonchev–Trinajstić information content (AvgIpc) is 2.81. The molecule has 94 valence electrons. The van der Waals surface area contributed by atoms with E-state index in [2.05, 4.69) is 14.8 Å². The molecular weight excluding hydrogens is 210 g/mol. The summed E-state index contributed by atoms with van der Waals surface area (Å²) in [6.07, 6.45) is 13.5. The quantitative estimate of drug-likeness (QED) is 0.803. The molecule has 0 amide bonds. The van der Waals surface area contributed by atoms with E-state index in [-0.39, 0.29) is 0 Å². The van der Waals surface area contributed by atoms with Crippen LogP contribution in [-0.2, 0) is 19.4 Å². The zero-order valence-electron chi connectivity index (χ0n) is 10.7. The number of hydrogen-bond donors (Lipinski definition) is 0. The fraction of sp³-hybridized carbons (Fsp3) is 0.857. The highest BCUT2D eigenvalue weighted by Gasteiger charge is 2.18. The molecule has 1 fully saturated rings. The molecule has 0 spiro atoms. The summed E-state index contributed by atoms with van der Waals surface area (Å²) < 4.78 is 2.38. The van der Waals surface area contributed by atoms with E-state index in [1.807, 2.05) is 0 Å². The Morgan fingerprint density at radius 2 is 1.88 bits per heavy atom. The monoisotopic (exact) mass is 233 g/mol. The van der Waals surface area contributed by atoms with Crippen LogP contribution in [0.5, 0.6) is 0 Å². The number of rotatable bonds is 3. The second-order valence-electron chi connectivity index (χ2n) is 5.68. The largest absolute Gasteiger partial charge is 0.315 e. The van der Waals surface area contributed by atoms with E-state index in [1.54, 1.807) is 0 Å². The molecule has 0 unspecified atom stereocenters. The molecular formula is C14H23N3. The van der Waals surface area contributed by atoms with Crippen molar-refractivity contribution < 1.29 is 0 Å². The second kappa shape index (κ2) is 5.19. The molecule has 17 heavy (non-hydrogen) atoms. The first kappa shape index (κ1) is 11.2. The average molecular weight is 233 g/mol. The normalized spacial score (nSPS) is 21.4. The summed E-state index contributed by atoms with van der Waals surface area (Å²) in [5, 5.41) is 8.73. The van der Waals surface area contributed by atoms with Crippen LogP contribution >= 0.6 is 0 Å². The Morgan fingerprint density at radius 3 is 2.76 bits per heavy atom. The van der Waals surface area contributed by atoms with E-state index < -0.39 is 0 Å². The van der Waals surface area contributed by atoms with Crippen LogP contribution in [0.25, 0.3) is 0 Å². The van der Waals surface area contributed by atoms with Crippen LogP contribution in [0.15, 0.2) is 0 Å². The van der Waals surface area contributed by atoms with Gasteiger partial charge in [-0.2, -0.15) is 0 Å². The van der Waals surface area contributed by atoms with Gasteiger partial charge >= 0.3 is 0 Å². The fourth-order valence-electron chi connectivity index (χ4n) is 3.36. The Labute approximate surface area is 104 Å². The molecule has 2 aliphatic rings. The van der Waals surface area contributed by atoms with Gasteiger partial charge in [0.25, 0.3) is 0 Å². The zero-order valence-corrected chi connectivity index (χ0v) is 10.7. The van der Waals surface area contributed by atoms with Crippen molar-refractivity contribution in [3.8, 4) is 0 Å². The molecule has 0 N–H and O–H groups in total. The van der Waals surface area contributed by atoms with E-state index in [0.717, 1.165) is 25.3 Å². The van der Waals surface area contributed by atoms with Crippen molar-refractivity contribution in [2.24, 2.45) is 5.92 Å². The molecule has 2 heterocycles. The Bertz CT molecular complexity index is 364. The van der Waals surface area contributed by atoms with Gasteiger partial charge < -0.3 is 4.57 Å². The number of aryl methyl sites for hydroxylation is 2. The molecule has 3 rings (SSSR count). The summed E-state index contributed by atoms with van der Waals surface area (Å²) in [6.45, 7) is 1.16. The molecule has 1 aromatic heterocycles. The third-order valence-electron chi connectivity index (χ3n) is 4.44. The predicted molar refractivity (Wildman–Crippen MR) is 67.9 cm³/mol. The van der Waals surface area contributed by atoms with Gasteiger partial charge in [-0.25, -0.2) is 0 Å².